The molecule has 0 unspecified atom stereocenters. The number of hydrogen-bond acceptors (Lipinski definition) is 3. The van der Waals surface area contributed by atoms with Gasteiger partial charge in [-0.2, -0.15) is 5.10 Å². The van der Waals surface area contributed by atoms with Crippen molar-refractivity contribution in [1.29, 1.82) is 0 Å². The minimum Gasteiger partial charge on any atom is -0.360 e. The first-order valence-corrected chi connectivity index (χ1v) is 12.3. The Kier molecular flexibility index (Phi) is 5.46. The van der Waals surface area contributed by atoms with Crippen LogP contribution in [-0.4, -0.2) is 29.4 Å². The Labute approximate surface area is 150 Å². The van der Waals surface area contributed by atoms with E-state index in [1.54, 1.807) is 6.20 Å². The van der Waals surface area contributed by atoms with E-state index in [0.717, 1.165) is 35.0 Å². The number of pyridine rings is 1. The molecule has 0 N–H and O–H groups in total. The molecule has 2 aromatic heterocycles. The predicted molar refractivity (Wildman–Crippen MR) is 105 cm³/mol. The monoisotopic (exact) mass is 351 g/mol. The molecular weight excluding hydrogens is 326 g/mol. The molecule has 0 saturated heterocycles. The molecule has 3 aromatic rings. The summed E-state index contributed by atoms with van der Waals surface area (Å²) < 4.78 is 7.86. The highest BCUT2D eigenvalue weighted by Crippen LogP contribution is 2.31. The van der Waals surface area contributed by atoms with E-state index >= 15 is 0 Å². The Morgan fingerprint density at radius 3 is 2.40 bits per heavy atom. The zero-order chi connectivity index (χ0) is 17.7. The Morgan fingerprint density at radius 1 is 0.960 bits per heavy atom. The molecule has 0 spiro atoms. The molecule has 25 heavy (non-hydrogen) atoms. The third-order valence-corrected chi connectivity index (χ3v) is 5.77. The first-order valence-electron chi connectivity index (χ1n) is 8.64. The largest absolute Gasteiger partial charge is 0.360 e. The Balaban J connectivity index is 1.87. The van der Waals surface area contributed by atoms with Gasteiger partial charge in [-0.25, -0.2) is 4.68 Å². The molecule has 4 nitrogen and oxygen atoms in total. The van der Waals surface area contributed by atoms with Gasteiger partial charge in [-0.05, 0) is 23.7 Å². The molecule has 3 rings (SSSR count). The summed E-state index contributed by atoms with van der Waals surface area (Å²) in [6.45, 7) is 8.32. The lowest BCUT2D eigenvalue weighted by molar-refractivity contribution is 0.0798. The first kappa shape index (κ1) is 17.6. The Morgan fingerprint density at radius 2 is 1.72 bits per heavy atom. The summed E-state index contributed by atoms with van der Waals surface area (Å²) >= 11 is 0. The van der Waals surface area contributed by atoms with Gasteiger partial charge in [0.2, 0.25) is 0 Å². The summed E-state index contributed by atoms with van der Waals surface area (Å²) in [5.74, 6) is 0. The van der Waals surface area contributed by atoms with Crippen LogP contribution in [0, 0.1) is 0 Å². The fourth-order valence-electron chi connectivity index (χ4n) is 2.65. The quantitative estimate of drug-likeness (QED) is 0.448. The number of hydrogen-bond donors (Lipinski definition) is 0. The lowest BCUT2D eigenvalue weighted by Crippen LogP contribution is -2.22. The van der Waals surface area contributed by atoms with Gasteiger partial charge in [0, 0.05) is 38.2 Å². The topological polar surface area (TPSA) is 39.9 Å². The molecule has 0 saturated carbocycles. The van der Waals surface area contributed by atoms with Crippen LogP contribution in [0.1, 0.15) is 0 Å². The van der Waals surface area contributed by atoms with Crippen LogP contribution in [0.5, 0.6) is 0 Å². The van der Waals surface area contributed by atoms with E-state index in [2.05, 4.69) is 47.9 Å². The molecule has 0 aliphatic carbocycles. The van der Waals surface area contributed by atoms with Gasteiger partial charge in [-0.1, -0.05) is 50.0 Å². The summed E-state index contributed by atoms with van der Waals surface area (Å²) in [5.41, 5.74) is 4.34. The van der Waals surface area contributed by atoms with Crippen LogP contribution in [0.25, 0.3) is 22.4 Å². The van der Waals surface area contributed by atoms with Gasteiger partial charge < -0.3 is 4.74 Å². The highest BCUT2D eigenvalue weighted by molar-refractivity contribution is 6.76. The Hall–Kier alpha value is -2.24. The van der Waals surface area contributed by atoms with Crippen molar-refractivity contribution in [2.45, 2.75) is 32.4 Å². The smallest absolute Gasteiger partial charge is 0.140 e. The van der Waals surface area contributed by atoms with E-state index < -0.39 is 8.07 Å². The van der Waals surface area contributed by atoms with Crippen molar-refractivity contribution in [1.82, 2.24) is 14.8 Å². The fraction of sp³-hybridized carbons (Fsp3) is 0.300. The number of aromatic nitrogens is 3. The third-order valence-electron chi connectivity index (χ3n) is 4.07. The second kappa shape index (κ2) is 7.76. The molecule has 0 bridgehead atoms. The SMILES string of the molecule is C[Si](C)(C)CCOCn1ncc(-c2ccccc2)c1-c1cccnc1. The van der Waals surface area contributed by atoms with Crippen LogP contribution in [-0.2, 0) is 11.5 Å². The van der Waals surface area contributed by atoms with Crippen molar-refractivity contribution in [3.63, 3.8) is 0 Å². The van der Waals surface area contributed by atoms with Crippen LogP contribution in [0.15, 0.2) is 61.1 Å². The number of ether oxygens (including phenoxy) is 1. The van der Waals surface area contributed by atoms with Crippen LogP contribution in [0.3, 0.4) is 0 Å². The average Bonchev–Trinajstić information content (AvgIpc) is 3.03. The summed E-state index contributed by atoms with van der Waals surface area (Å²) in [6, 6.07) is 15.5. The molecule has 1 aromatic carbocycles. The van der Waals surface area contributed by atoms with Gasteiger partial charge in [0.25, 0.3) is 0 Å². The van der Waals surface area contributed by atoms with Crippen molar-refractivity contribution in [2.24, 2.45) is 0 Å². The summed E-state index contributed by atoms with van der Waals surface area (Å²) in [4.78, 5) is 4.27. The van der Waals surface area contributed by atoms with Crippen molar-refractivity contribution in [3.8, 4) is 22.4 Å². The number of rotatable bonds is 7. The van der Waals surface area contributed by atoms with Crippen LogP contribution in [0.4, 0.5) is 0 Å². The third kappa shape index (κ3) is 4.65. The predicted octanol–water partition coefficient (Wildman–Crippen LogP) is 4.92. The van der Waals surface area contributed by atoms with E-state index in [4.69, 9.17) is 4.74 Å². The molecule has 0 aliphatic heterocycles. The molecule has 5 heteroatoms. The standard InChI is InChI=1S/C20H25N3OSi/c1-25(2,3)13-12-24-16-23-20(18-10-7-11-21-14-18)19(15-22-23)17-8-5-4-6-9-17/h4-11,14-15H,12-13,16H2,1-3H3. The van der Waals surface area contributed by atoms with Gasteiger partial charge in [0.15, 0.2) is 0 Å². The minimum absolute atomic E-state index is 0.460. The summed E-state index contributed by atoms with van der Waals surface area (Å²) in [6.07, 6.45) is 5.58. The van der Waals surface area contributed by atoms with Gasteiger partial charge >= 0.3 is 0 Å². The lowest BCUT2D eigenvalue weighted by atomic mass is 10.0. The average molecular weight is 352 g/mol. The number of nitrogens with zero attached hydrogens (tertiary/aromatic N) is 3. The summed E-state index contributed by atoms with van der Waals surface area (Å²) in [5, 5.41) is 4.58. The second-order valence-corrected chi connectivity index (χ2v) is 13.0. The van der Waals surface area contributed by atoms with Crippen LogP contribution < -0.4 is 0 Å². The second-order valence-electron chi connectivity index (χ2n) is 7.36. The normalized spacial score (nSPS) is 11.6. The molecule has 130 valence electrons. The number of benzene rings is 1. The zero-order valence-corrected chi connectivity index (χ0v) is 16.1. The van der Waals surface area contributed by atoms with Crippen LogP contribution in [0.2, 0.25) is 25.7 Å². The van der Waals surface area contributed by atoms with E-state index in [-0.39, 0.29) is 0 Å². The molecule has 0 aliphatic rings. The van der Waals surface area contributed by atoms with E-state index in [9.17, 15) is 0 Å². The molecule has 0 radical (unpaired) electrons. The van der Waals surface area contributed by atoms with Crippen molar-refractivity contribution >= 4 is 8.07 Å². The van der Waals surface area contributed by atoms with E-state index in [1.807, 2.05) is 41.3 Å². The first-order chi connectivity index (χ1) is 12.0. The Bertz CT molecular complexity index is 795. The van der Waals surface area contributed by atoms with Crippen LogP contribution >= 0.6 is 0 Å². The molecule has 2 heterocycles. The molecule has 0 amide bonds. The zero-order valence-electron chi connectivity index (χ0n) is 15.1. The minimum atomic E-state index is -1.09. The van der Waals surface area contributed by atoms with E-state index in [0.29, 0.717) is 6.73 Å². The fourth-order valence-corrected chi connectivity index (χ4v) is 3.41. The maximum atomic E-state index is 5.92. The lowest BCUT2D eigenvalue weighted by Gasteiger charge is -2.16. The molecular formula is C20H25N3OSi. The van der Waals surface area contributed by atoms with Gasteiger partial charge in [-0.3, -0.25) is 4.98 Å². The molecule has 0 fully saturated rings. The van der Waals surface area contributed by atoms with Crippen molar-refractivity contribution in [2.75, 3.05) is 6.61 Å². The van der Waals surface area contributed by atoms with Gasteiger partial charge in [0.05, 0.1) is 11.9 Å². The van der Waals surface area contributed by atoms with Gasteiger partial charge in [-0.15, -0.1) is 0 Å². The molecule has 0 atom stereocenters. The van der Waals surface area contributed by atoms with E-state index in [1.165, 1.54) is 0 Å². The summed E-state index contributed by atoms with van der Waals surface area (Å²) in [7, 11) is -1.09. The van der Waals surface area contributed by atoms with Crippen molar-refractivity contribution < 1.29 is 4.74 Å². The van der Waals surface area contributed by atoms with Gasteiger partial charge in [0.1, 0.15) is 6.73 Å². The maximum Gasteiger partial charge on any atom is 0.140 e. The maximum absolute atomic E-state index is 5.92. The van der Waals surface area contributed by atoms with Crippen molar-refractivity contribution in [3.05, 3.63) is 61.1 Å². The highest BCUT2D eigenvalue weighted by Gasteiger charge is 2.16. The highest BCUT2D eigenvalue weighted by atomic mass is 28.3.